The van der Waals surface area contributed by atoms with Gasteiger partial charge in [-0.15, -0.1) is 0 Å². The molecule has 54 valence electrons. The number of nitrogens with one attached hydrogen (secondary N) is 1. The van der Waals surface area contributed by atoms with E-state index in [0.717, 1.165) is 18.1 Å². The highest BCUT2D eigenvalue weighted by molar-refractivity contribution is 5.11. The second-order valence-electron chi connectivity index (χ2n) is 2.74. The van der Waals surface area contributed by atoms with Crippen molar-refractivity contribution in [1.29, 1.82) is 0 Å². The maximum absolute atomic E-state index is 5.42. The molecule has 1 aromatic rings. The van der Waals surface area contributed by atoms with E-state index in [1.165, 1.54) is 6.42 Å². The average Bonchev–Trinajstić information content (AvgIpc) is 2.10. The summed E-state index contributed by atoms with van der Waals surface area (Å²) in [6.45, 7) is 3.10. The molecule has 0 bridgehead atoms. The van der Waals surface area contributed by atoms with Crippen LogP contribution in [0, 0.1) is 6.92 Å². The molecule has 1 saturated heterocycles. The van der Waals surface area contributed by atoms with Gasteiger partial charge in [-0.25, -0.2) is 0 Å². The molecule has 0 aromatic carbocycles. The first-order chi connectivity index (χ1) is 4.86. The van der Waals surface area contributed by atoms with Gasteiger partial charge < -0.3 is 9.73 Å². The molecule has 2 heterocycles. The van der Waals surface area contributed by atoms with Crippen molar-refractivity contribution in [3.63, 3.8) is 0 Å². The lowest BCUT2D eigenvalue weighted by Gasteiger charge is -2.25. The first-order valence-electron chi connectivity index (χ1n) is 3.66. The lowest BCUT2D eigenvalue weighted by Crippen LogP contribution is -2.34. The number of hydrogen-bond acceptors (Lipinski definition) is 2. The van der Waals surface area contributed by atoms with Crippen molar-refractivity contribution >= 4 is 0 Å². The van der Waals surface area contributed by atoms with Crippen molar-refractivity contribution in [3.8, 4) is 0 Å². The highest BCUT2D eigenvalue weighted by Crippen LogP contribution is 2.23. The first-order valence-corrected chi connectivity index (χ1v) is 3.66. The molecule has 0 aliphatic carbocycles. The number of rotatable bonds is 1. The number of aryl methyl sites for hydroxylation is 1. The van der Waals surface area contributed by atoms with Crippen molar-refractivity contribution < 1.29 is 4.42 Å². The number of furan rings is 1. The summed E-state index contributed by atoms with van der Waals surface area (Å²) in [5.41, 5.74) is 0. The lowest BCUT2D eigenvalue weighted by molar-refractivity contribution is 0.314. The van der Waals surface area contributed by atoms with Crippen LogP contribution in [0.2, 0.25) is 0 Å². The Bertz CT molecular complexity index is 225. The Morgan fingerprint density at radius 1 is 1.60 bits per heavy atom. The van der Waals surface area contributed by atoms with Crippen molar-refractivity contribution in [2.75, 3.05) is 6.54 Å². The Morgan fingerprint density at radius 2 is 2.40 bits per heavy atom. The van der Waals surface area contributed by atoms with E-state index in [9.17, 15) is 0 Å². The quantitative estimate of drug-likeness (QED) is 0.636. The molecule has 2 heteroatoms. The number of hydrogen-bond donors (Lipinski definition) is 1. The van der Waals surface area contributed by atoms with Crippen LogP contribution in [-0.2, 0) is 0 Å². The van der Waals surface area contributed by atoms with Crippen LogP contribution in [0.3, 0.4) is 0 Å². The minimum Gasteiger partial charge on any atom is -0.465 e. The predicted molar refractivity (Wildman–Crippen MR) is 38.8 cm³/mol. The highest BCUT2D eigenvalue weighted by atomic mass is 16.3. The SMILES string of the molecule is Cc1ccc(C2CCN2)o1. The summed E-state index contributed by atoms with van der Waals surface area (Å²) in [4.78, 5) is 0. The minimum absolute atomic E-state index is 0.494. The molecule has 1 N–H and O–H groups in total. The summed E-state index contributed by atoms with van der Waals surface area (Å²) in [5.74, 6) is 2.09. The highest BCUT2D eigenvalue weighted by Gasteiger charge is 2.20. The van der Waals surface area contributed by atoms with Gasteiger partial charge in [0.1, 0.15) is 11.5 Å². The molecule has 0 saturated carbocycles. The zero-order chi connectivity index (χ0) is 6.97. The van der Waals surface area contributed by atoms with E-state index < -0.39 is 0 Å². The topological polar surface area (TPSA) is 25.2 Å². The third kappa shape index (κ3) is 0.847. The Balaban J connectivity index is 2.17. The van der Waals surface area contributed by atoms with Crippen LogP contribution < -0.4 is 5.32 Å². The molecule has 2 nitrogen and oxygen atoms in total. The monoisotopic (exact) mass is 137 g/mol. The normalized spacial score (nSPS) is 24.3. The van der Waals surface area contributed by atoms with Crippen LogP contribution in [0.25, 0.3) is 0 Å². The van der Waals surface area contributed by atoms with Gasteiger partial charge in [0, 0.05) is 0 Å². The molecule has 0 amide bonds. The smallest absolute Gasteiger partial charge is 0.121 e. The Kier molecular flexibility index (Phi) is 1.27. The molecule has 1 fully saturated rings. The summed E-state index contributed by atoms with van der Waals surface area (Å²) in [6, 6.07) is 4.55. The van der Waals surface area contributed by atoms with E-state index >= 15 is 0 Å². The van der Waals surface area contributed by atoms with Crippen LogP contribution in [-0.4, -0.2) is 6.54 Å². The summed E-state index contributed by atoms with van der Waals surface area (Å²) >= 11 is 0. The van der Waals surface area contributed by atoms with E-state index in [1.54, 1.807) is 0 Å². The molecule has 10 heavy (non-hydrogen) atoms. The Hall–Kier alpha value is -0.760. The minimum atomic E-state index is 0.494. The molecule has 1 aliphatic rings. The average molecular weight is 137 g/mol. The van der Waals surface area contributed by atoms with Crippen LogP contribution in [0.5, 0.6) is 0 Å². The predicted octanol–water partition coefficient (Wildman–Crippen LogP) is 1.62. The second kappa shape index (κ2) is 2.13. The van der Waals surface area contributed by atoms with Crippen molar-refractivity contribution in [1.82, 2.24) is 5.32 Å². The molecule has 2 rings (SSSR count). The van der Waals surface area contributed by atoms with E-state index in [2.05, 4.69) is 5.32 Å². The molecule has 1 unspecified atom stereocenters. The molecule has 1 aromatic heterocycles. The third-order valence-electron chi connectivity index (χ3n) is 1.93. The second-order valence-corrected chi connectivity index (χ2v) is 2.74. The van der Waals surface area contributed by atoms with Gasteiger partial charge in [0.05, 0.1) is 6.04 Å². The fourth-order valence-corrected chi connectivity index (χ4v) is 1.17. The van der Waals surface area contributed by atoms with Crippen molar-refractivity contribution in [2.45, 2.75) is 19.4 Å². The van der Waals surface area contributed by atoms with Gasteiger partial charge in [-0.05, 0) is 32.0 Å². The zero-order valence-corrected chi connectivity index (χ0v) is 6.05. The fraction of sp³-hybridized carbons (Fsp3) is 0.500. The van der Waals surface area contributed by atoms with E-state index in [0.29, 0.717) is 6.04 Å². The molecule has 1 atom stereocenters. The molecular formula is C8H11NO. The van der Waals surface area contributed by atoms with Gasteiger partial charge >= 0.3 is 0 Å². The van der Waals surface area contributed by atoms with Gasteiger partial charge in [-0.2, -0.15) is 0 Å². The Morgan fingerprint density at radius 3 is 2.80 bits per heavy atom. The molecular weight excluding hydrogens is 126 g/mol. The van der Waals surface area contributed by atoms with Gasteiger partial charge in [0.2, 0.25) is 0 Å². The largest absolute Gasteiger partial charge is 0.465 e. The van der Waals surface area contributed by atoms with Crippen LogP contribution in [0.15, 0.2) is 16.5 Å². The standard InChI is InChI=1S/C8H11NO/c1-6-2-3-8(10-6)7-4-5-9-7/h2-3,7,9H,4-5H2,1H3. The lowest BCUT2D eigenvalue weighted by atomic mass is 10.1. The van der Waals surface area contributed by atoms with E-state index in [1.807, 2.05) is 19.1 Å². The van der Waals surface area contributed by atoms with Gasteiger partial charge in [-0.1, -0.05) is 0 Å². The molecule has 0 radical (unpaired) electrons. The zero-order valence-electron chi connectivity index (χ0n) is 6.05. The summed E-state index contributed by atoms with van der Waals surface area (Å²) in [5, 5.41) is 3.28. The fourth-order valence-electron chi connectivity index (χ4n) is 1.17. The molecule has 0 spiro atoms. The van der Waals surface area contributed by atoms with Crippen LogP contribution in [0.4, 0.5) is 0 Å². The van der Waals surface area contributed by atoms with E-state index in [-0.39, 0.29) is 0 Å². The maximum atomic E-state index is 5.42. The summed E-state index contributed by atoms with van der Waals surface area (Å²) in [6.07, 6.45) is 1.22. The van der Waals surface area contributed by atoms with Gasteiger partial charge in [0.25, 0.3) is 0 Å². The Labute approximate surface area is 60.2 Å². The summed E-state index contributed by atoms with van der Waals surface area (Å²) in [7, 11) is 0. The van der Waals surface area contributed by atoms with Crippen LogP contribution in [0.1, 0.15) is 24.0 Å². The van der Waals surface area contributed by atoms with Gasteiger partial charge in [-0.3, -0.25) is 0 Å². The maximum Gasteiger partial charge on any atom is 0.121 e. The van der Waals surface area contributed by atoms with Gasteiger partial charge in [0.15, 0.2) is 0 Å². The summed E-state index contributed by atoms with van der Waals surface area (Å²) < 4.78 is 5.42. The van der Waals surface area contributed by atoms with Crippen molar-refractivity contribution in [3.05, 3.63) is 23.7 Å². The third-order valence-corrected chi connectivity index (χ3v) is 1.93. The van der Waals surface area contributed by atoms with E-state index in [4.69, 9.17) is 4.42 Å². The molecule has 1 aliphatic heterocycles. The van der Waals surface area contributed by atoms with Crippen molar-refractivity contribution in [2.24, 2.45) is 0 Å². The van der Waals surface area contributed by atoms with Crippen LogP contribution >= 0.6 is 0 Å². The first kappa shape index (κ1) is 5.98.